The van der Waals surface area contributed by atoms with Crippen LogP contribution in [0.25, 0.3) is 11.5 Å². The highest BCUT2D eigenvalue weighted by atomic mass is 32.2. The van der Waals surface area contributed by atoms with Crippen molar-refractivity contribution in [2.45, 2.75) is 31.7 Å². The normalized spacial score (nSPS) is 14.9. The van der Waals surface area contributed by atoms with Gasteiger partial charge in [0.2, 0.25) is 11.8 Å². The Bertz CT molecular complexity index is 759. The molecule has 0 spiro atoms. The molecule has 0 aliphatic heterocycles. The predicted molar refractivity (Wildman–Crippen MR) is 84.9 cm³/mol. The van der Waals surface area contributed by atoms with Gasteiger partial charge < -0.3 is 4.42 Å². The number of nitrogens with zero attached hydrogens (tertiary/aromatic N) is 3. The van der Waals surface area contributed by atoms with Gasteiger partial charge in [0.25, 0.3) is 0 Å². The van der Waals surface area contributed by atoms with E-state index >= 15 is 0 Å². The molecule has 0 fully saturated rings. The summed E-state index contributed by atoms with van der Waals surface area (Å²) in [5.41, 5.74) is 0.630. The first-order valence-electron chi connectivity index (χ1n) is 7.16. The number of rotatable bonds is 6. The molecule has 2 rings (SSSR count). The summed E-state index contributed by atoms with van der Waals surface area (Å²) in [7, 11) is -1.33. The predicted octanol–water partition coefficient (Wildman–Crippen LogP) is 2.13. The van der Waals surface area contributed by atoms with Gasteiger partial charge in [-0.2, -0.15) is 0 Å². The molecule has 2 atom stereocenters. The Morgan fingerprint density at radius 1 is 1.22 bits per heavy atom. The maximum atomic E-state index is 12.9. The third-order valence-electron chi connectivity index (χ3n) is 3.99. The van der Waals surface area contributed by atoms with Gasteiger partial charge in [-0.05, 0) is 45.2 Å². The first-order valence-corrected chi connectivity index (χ1v) is 9.11. The van der Waals surface area contributed by atoms with Gasteiger partial charge in [-0.15, -0.1) is 10.2 Å². The smallest absolute Gasteiger partial charge is 0.247 e. The molecule has 0 aliphatic carbocycles. The Kier molecular flexibility index (Phi) is 5.16. The third-order valence-corrected chi connectivity index (χ3v) is 5.74. The van der Waals surface area contributed by atoms with E-state index in [1.54, 1.807) is 26.1 Å². The second-order valence-corrected chi connectivity index (χ2v) is 8.10. The largest absolute Gasteiger partial charge is 0.419 e. The summed E-state index contributed by atoms with van der Waals surface area (Å²) < 4.78 is 41.8. The lowest BCUT2D eigenvalue weighted by atomic mass is 10.2. The van der Waals surface area contributed by atoms with Crippen LogP contribution in [0.4, 0.5) is 4.39 Å². The maximum absolute atomic E-state index is 12.9. The molecular weight excluding hydrogens is 321 g/mol. The lowest BCUT2D eigenvalue weighted by Gasteiger charge is -2.27. The number of halogens is 1. The van der Waals surface area contributed by atoms with Gasteiger partial charge >= 0.3 is 0 Å². The number of benzene rings is 1. The molecule has 1 aromatic heterocycles. The molecule has 2 aromatic rings. The number of aromatic nitrogens is 2. The molecule has 0 amide bonds. The topological polar surface area (TPSA) is 76.3 Å². The molecule has 1 heterocycles. The summed E-state index contributed by atoms with van der Waals surface area (Å²) in [6, 6.07) is 5.56. The van der Waals surface area contributed by atoms with Crippen molar-refractivity contribution < 1.29 is 17.2 Å². The molecule has 0 aliphatic rings. The molecular formula is C15H20FN3O3S. The summed E-state index contributed by atoms with van der Waals surface area (Å²) >= 11 is 0. The van der Waals surface area contributed by atoms with Crippen LogP contribution in [0.1, 0.15) is 19.7 Å². The van der Waals surface area contributed by atoms with Gasteiger partial charge in [0, 0.05) is 17.9 Å². The van der Waals surface area contributed by atoms with Crippen molar-refractivity contribution in [1.82, 2.24) is 15.1 Å². The Morgan fingerprint density at radius 3 is 2.39 bits per heavy atom. The molecule has 0 radical (unpaired) electrons. The summed E-state index contributed by atoms with van der Waals surface area (Å²) in [4.78, 5) is 1.84. The minimum Gasteiger partial charge on any atom is -0.419 e. The Hall–Kier alpha value is -1.80. The number of hydrogen-bond donors (Lipinski definition) is 0. The number of hydrogen-bond acceptors (Lipinski definition) is 6. The fraction of sp³-hybridized carbons (Fsp3) is 0.467. The van der Waals surface area contributed by atoms with Crippen molar-refractivity contribution in [3.05, 3.63) is 36.0 Å². The van der Waals surface area contributed by atoms with Crippen LogP contribution in [0.2, 0.25) is 0 Å². The lowest BCUT2D eigenvalue weighted by molar-refractivity contribution is 0.223. The summed E-state index contributed by atoms with van der Waals surface area (Å²) in [6.45, 7) is 3.84. The molecule has 0 saturated carbocycles. The quantitative estimate of drug-likeness (QED) is 0.801. The second kappa shape index (κ2) is 6.76. The highest BCUT2D eigenvalue weighted by Crippen LogP contribution is 2.19. The van der Waals surface area contributed by atoms with Crippen molar-refractivity contribution in [2.75, 3.05) is 13.3 Å². The minimum absolute atomic E-state index is 0.203. The molecule has 0 saturated heterocycles. The first-order chi connectivity index (χ1) is 10.7. The van der Waals surface area contributed by atoms with E-state index in [9.17, 15) is 12.8 Å². The fourth-order valence-electron chi connectivity index (χ4n) is 2.10. The average molecular weight is 341 g/mol. The standard InChI is InChI=1S/C15H20FN3O3S/c1-10(11(2)23(4,20)21)19(3)9-14-17-18-15(22-14)12-5-7-13(16)8-6-12/h5-8,10-11H,9H2,1-4H3/t10-,11+/m0/s1. The lowest BCUT2D eigenvalue weighted by Crippen LogP contribution is -2.40. The van der Waals surface area contributed by atoms with Crippen molar-refractivity contribution in [1.29, 1.82) is 0 Å². The molecule has 0 unspecified atom stereocenters. The van der Waals surface area contributed by atoms with Crippen molar-refractivity contribution in [2.24, 2.45) is 0 Å². The summed E-state index contributed by atoms with van der Waals surface area (Å²) in [5, 5.41) is 7.39. The highest BCUT2D eigenvalue weighted by Gasteiger charge is 2.26. The SMILES string of the molecule is C[C@H]([C@H](C)N(C)Cc1nnc(-c2ccc(F)cc2)o1)S(C)(=O)=O. The highest BCUT2D eigenvalue weighted by molar-refractivity contribution is 7.91. The van der Waals surface area contributed by atoms with Crippen LogP contribution in [0.5, 0.6) is 0 Å². The Morgan fingerprint density at radius 2 is 1.83 bits per heavy atom. The van der Waals surface area contributed by atoms with Crippen LogP contribution >= 0.6 is 0 Å². The monoisotopic (exact) mass is 341 g/mol. The van der Waals surface area contributed by atoms with Gasteiger partial charge in [-0.25, -0.2) is 12.8 Å². The van der Waals surface area contributed by atoms with E-state index in [1.807, 2.05) is 11.8 Å². The van der Waals surface area contributed by atoms with Crippen molar-refractivity contribution in [3.63, 3.8) is 0 Å². The maximum Gasteiger partial charge on any atom is 0.247 e. The van der Waals surface area contributed by atoms with Crippen LogP contribution in [-0.2, 0) is 16.4 Å². The van der Waals surface area contributed by atoms with E-state index < -0.39 is 15.1 Å². The molecule has 8 heteroatoms. The van der Waals surface area contributed by atoms with Crippen LogP contribution in [0, 0.1) is 5.82 Å². The second-order valence-electron chi connectivity index (χ2n) is 5.70. The van der Waals surface area contributed by atoms with E-state index in [4.69, 9.17) is 4.42 Å². The van der Waals surface area contributed by atoms with E-state index in [0.717, 1.165) is 0 Å². The van der Waals surface area contributed by atoms with Crippen LogP contribution in [0.3, 0.4) is 0 Å². The number of sulfone groups is 1. The van der Waals surface area contributed by atoms with Crippen molar-refractivity contribution in [3.8, 4) is 11.5 Å². The van der Waals surface area contributed by atoms with Crippen LogP contribution < -0.4 is 0 Å². The first kappa shape index (κ1) is 17.6. The van der Waals surface area contributed by atoms with Crippen LogP contribution in [-0.4, -0.2) is 48.1 Å². The average Bonchev–Trinajstić information content (AvgIpc) is 2.93. The molecule has 0 N–H and O–H groups in total. The molecule has 0 bridgehead atoms. The minimum atomic E-state index is -3.13. The molecule has 23 heavy (non-hydrogen) atoms. The molecule has 1 aromatic carbocycles. The van der Waals surface area contributed by atoms with Gasteiger partial charge in [0.1, 0.15) is 5.82 Å². The Labute approximate surface area is 135 Å². The fourth-order valence-corrected chi connectivity index (χ4v) is 3.02. The van der Waals surface area contributed by atoms with E-state index in [2.05, 4.69) is 10.2 Å². The third kappa shape index (κ3) is 4.35. The van der Waals surface area contributed by atoms with Crippen LogP contribution in [0.15, 0.2) is 28.7 Å². The van der Waals surface area contributed by atoms with Gasteiger partial charge in [0.05, 0.1) is 11.8 Å². The zero-order valence-electron chi connectivity index (χ0n) is 13.5. The van der Waals surface area contributed by atoms with Gasteiger partial charge in [0.15, 0.2) is 9.84 Å². The molecule has 6 nitrogen and oxygen atoms in total. The van der Waals surface area contributed by atoms with E-state index in [-0.39, 0.29) is 11.9 Å². The Balaban J connectivity index is 2.08. The van der Waals surface area contributed by atoms with Gasteiger partial charge in [-0.1, -0.05) is 0 Å². The zero-order valence-corrected chi connectivity index (χ0v) is 14.3. The summed E-state index contributed by atoms with van der Waals surface area (Å²) in [5.74, 6) is 0.341. The molecule has 126 valence electrons. The van der Waals surface area contributed by atoms with E-state index in [0.29, 0.717) is 23.9 Å². The zero-order chi connectivity index (χ0) is 17.2. The summed E-state index contributed by atoms with van der Waals surface area (Å²) in [6.07, 6.45) is 1.22. The van der Waals surface area contributed by atoms with Crippen molar-refractivity contribution >= 4 is 9.84 Å². The van der Waals surface area contributed by atoms with E-state index in [1.165, 1.54) is 18.4 Å². The van der Waals surface area contributed by atoms with Gasteiger partial charge in [-0.3, -0.25) is 4.90 Å².